The Labute approximate surface area is 125 Å². The highest BCUT2D eigenvalue weighted by Crippen LogP contribution is 2.20. The zero-order chi connectivity index (χ0) is 16.0. The van der Waals surface area contributed by atoms with E-state index in [4.69, 9.17) is 5.73 Å². The molecule has 0 heterocycles. The van der Waals surface area contributed by atoms with E-state index in [0.29, 0.717) is 30.0 Å². The first-order chi connectivity index (χ1) is 9.82. The standard InChI is InChI=1S/C14H23N5O2/c1-18(2)13(20)11-6-5-10(15)9-12(11)16-7-8-17-14(21)19(3)4/h5-6,9,16H,7-8,15H2,1-4H3,(H,17,21). The predicted molar refractivity (Wildman–Crippen MR) is 84.4 cm³/mol. The molecular formula is C14H23N5O2. The normalized spacial score (nSPS) is 9.90. The first-order valence-electron chi connectivity index (χ1n) is 6.63. The maximum absolute atomic E-state index is 12.1. The topological polar surface area (TPSA) is 90.7 Å². The molecule has 0 saturated heterocycles. The summed E-state index contributed by atoms with van der Waals surface area (Å²) in [6, 6.07) is 4.94. The minimum atomic E-state index is -0.158. The Bertz CT molecular complexity index is 514. The highest BCUT2D eigenvalue weighted by Gasteiger charge is 2.13. The third-order valence-electron chi connectivity index (χ3n) is 2.80. The number of nitrogens with one attached hydrogen (secondary N) is 2. The van der Waals surface area contributed by atoms with Gasteiger partial charge in [0.25, 0.3) is 5.91 Å². The molecule has 1 rings (SSSR count). The molecule has 0 atom stereocenters. The van der Waals surface area contributed by atoms with Crippen molar-refractivity contribution in [1.82, 2.24) is 15.1 Å². The Morgan fingerprint density at radius 3 is 2.33 bits per heavy atom. The fourth-order valence-corrected chi connectivity index (χ4v) is 1.66. The molecule has 0 spiro atoms. The summed E-state index contributed by atoms with van der Waals surface area (Å²) in [6.07, 6.45) is 0. The zero-order valence-electron chi connectivity index (χ0n) is 12.9. The first-order valence-corrected chi connectivity index (χ1v) is 6.63. The Hall–Kier alpha value is -2.44. The van der Waals surface area contributed by atoms with Crippen LogP contribution in [0.2, 0.25) is 0 Å². The molecule has 116 valence electrons. The van der Waals surface area contributed by atoms with E-state index in [9.17, 15) is 9.59 Å². The number of hydrogen-bond donors (Lipinski definition) is 3. The van der Waals surface area contributed by atoms with Gasteiger partial charge in [-0.15, -0.1) is 0 Å². The molecule has 0 bridgehead atoms. The molecule has 21 heavy (non-hydrogen) atoms. The van der Waals surface area contributed by atoms with Gasteiger partial charge in [0.1, 0.15) is 0 Å². The molecule has 3 amide bonds. The number of anilines is 2. The van der Waals surface area contributed by atoms with Gasteiger partial charge in [-0.3, -0.25) is 4.79 Å². The van der Waals surface area contributed by atoms with Crippen molar-refractivity contribution in [1.29, 1.82) is 0 Å². The van der Waals surface area contributed by atoms with Gasteiger partial charge in [0.15, 0.2) is 0 Å². The number of carbonyl (C=O) groups is 2. The van der Waals surface area contributed by atoms with Crippen molar-refractivity contribution in [2.24, 2.45) is 0 Å². The van der Waals surface area contributed by atoms with Crippen molar-refractivity contribution < 1.29 is 9.59 Å². The van der Waals surface area contributed by atoms with Gasteiger partial charge in [-0.1, -0.05) is 0 Å². The van der Waals surface area contributed by atoms with Crippen LogP contribution in [-0.4, -0.2) is 63.0 Å². The summed E-state index contributed by atoms with van der Waals surface area (Å²) < 4.78 is 0. The van der Waals surface area contributed by atoms with Crippen LogP contribution in [0.15, 0.2) is 18.2 Å². The minimum Gasteiger partial charge on any atom is -0.399 e. The Balaban J connectivity index is 2.67. The van der Waals surface area contributed by atoms with Gasteiger partial charge >= 0.3 is 6.03 Å². The molecule has 0 aliphatic rings. The van der Waals surface area contributed by atoms with Crippen LogP contribution in [0, 0.1) is 0 Å². The molecule has 0 aliphatic heterocycles. The first kappa shape index (κ1) is 16.6. The van der Waals surface area contributed by atoms with Crippen LogP contribution in [0.1, 0.15) is 10.4 Å². The second kappa shape index (κ2) is 7.37. The average molecular weight is 293 g/mol. The van der Waals surface area contributed by atoms with Crippen LogP contribution in [0.4, 0.5) is 16.2 Å². The van der Waals surface area contributed by atoms with Crippen LogP contribution < -0.4 is 16.4 Å². The monoisotopic (exact) mass is 293 g/mol. The van der Waals surface area contributed by atoms with Gasteiger partial charge in [0, 0.05) is 52.7 Å². The van der Waals surface area contributed by atoms with E-state index in [1.54, 1.807) is 46.4 Å². The quantitative estimate of drug-likeness (QED) is 0.549. The van der Waals surface area contributed by atoms with Gasteiger partial charge in [-0.2, -0.15) is 0 Å². The fraction of sp³-hybridized carbons (Fsp3) is 0.429. The van der Waals surface area contributed by atoms with E-state index in [2.05, 4.69) is 10.6 Å². The van der Waals surface area contributed by atoms with E-state index < -0.39 is 0 Å². The van der Waals surface area contributed by atoms with E-state index in [1.807, 2.05) is 0 Å². The smallest absolute Gasteiger partial charge is 0.316 e. The highest BCUT2D eigenvalue weighted by molar-refractivity contribution is 6.00. The lowest BCUT2D eigenvalue weighted by Gasteiger charge is -2.17. The van der Waals surface area contributed by atoms with Crippen LogP contribution in [0.5, 0.6) is 0 Å². The fourth-order valence-electron chi connectivity index (χ4n) is 1.66. The summed E-state index contributed by atoms with van der Waals surface area (Å²) in [4.78, 5) is 26.4. The lowest BCUT2D eigenvalue weighted by atomic mass is 10.1. The summed E-state index contributed by atoms with van der Waals surface area (Å²) in [6.45, 7) is 0.943. The number of amides is 3. The maximum Gasteiger partial charge on any atom is 0.316 e. The summed E-state index contributed by atoms with van der Waals surface area (Å²) in [7, 11) is 6.74. The van der Waals surface area contributed by atoms with E-state index in [0.717, 1.165) is 0 Å². The van der Waals surface area contributed by atoms with Gasteiger partial charge in [-0.05, 0) is 18.2 Å². The molecular weight excluding hydrogens is 270 g/mol. The van der Waals surface area contributed by atoms with Crippen LogP contribution in [-0.2, 0) is 0 Å². The number of rotatable bonds is 5. The second-order valence-corrected chi connectivity index (χ2v) is 5.06. The Morgan fingerprint density at radius 1 is 1.10 bits per heavy atom. The SMILES string of the molecule is CN(C)C(=O)NCCNc1cc(N)ccc1C(=O)N(C)C. The van der Waals surface area contributed by atoms with Crippen molar-refractivity contribution in [3.8, 4) is 0 Å². The van der Waals surface area contributed by atoms with E-state index in [-0.39, 0.29) is 11.9 Å². The number of nitrogens with two attached hydrogens (primary N) is 1. The largest absolute Gasteiger partial charge is 0.399 e. The molecule has 0 unspecified atom stereocenters. The Kier molecular flexibility index (Phi) is 5.83. The van der Waals surface area contributed by atoms with Gasteiger partial charge in [0.05, 0.1) is 5.56 Å². The lowest BCUT2D eigenvalue weighted by Crippen LogP contribution is -2.37. The molecule has 0 aliphatic carbocycles. The van der Waals surface area contributed by atoms with Crippen molar-refractivity contribution in [3.63, 3.8) is 0 Å². The number of carbonyl (C=O) groups excluding carboxylic acids is 2. The number of urea groups is 1. The average Bonchev–Trinajstić information content (AvgIpc) is 2.42. The van der Waals surface area contributed by atoms with E-state index in [1.165, 1.54) is 9.80 Å². The molecule has 0 aromatic heterocycles. The molecule has 7 nitrogen and oxygen atoms in total. The summed E-state index contributed by atoms with van der Waals surface area (Å²) in [5, 5.41) is 5.86. The second-order valence-electron chi connectivity index (χ2n) is 5.06. The summed E-state index contributed by atoms with van der Waals surface area (Å²) in [5.74, 6) is -0.102. The molecule has 1 aromatic carbocycles. The molecule has 1 aromatic rings. The van der Waals surface area contributed by atoms with E-state index >= 15 is 0 Å². The molecule has 4 N–H and O–H groups in total. The number of hydrogen-bond acceptors (Lipinski definition) is 4. The lowest BCUT2D eigenvalue weighted by molar-refractivity contribution is 0.0828. The number of nitrogens with zero attached hydrogens (tertiary/aromatic N) is 2. The van der Waals surface area contributed by atoms with Crippen molar-refractivity contribution in [3.05, 3.63) is 23.8 Å². The van der Waals surface area contributed by atoms with Crippen molar-refractivity contribution in [2.75, 3.05) is 52.3 Å². The minimum absolute atomic E-state index is 0.102. The zero-order valence-corrected chi connectivity index (χ0v) is 12.9. The molecule has 0 radical (unpaired) electrons. The third-order valence-corrected chi connectivity index (χ3v) is 2.80. The summed E-state index contributed by atoms with van der Waals surface area (Å²) in [5.41, 5.74) is 7.54. The summed E-state index contributed by atoms with van der Waals surface area (Å²) >= 11 is 0. The van der Waals surface area contributed by atoms with Crippen LogP contribution in [0.25, 0.3) is 0 Å². The maximum atomic E-state index is 12.1. The van der Waals surface area contributed by atoms with Gasteiger partial charge < -0.3 is 26.2 Å². The van der Waals surface area contributed by atoms with Crippen LogP contribution in [0.3, 0.4) is 0 Å². The van der Waals surface area contributed by atoms with Gasteiger partial charge in [0.2, 0.25) is 0 Å². The number of benzene rings is 1. The van der Waals surface area contributed by atoms with Gasteiger partial charge in [-0.25, -0.2) is 4.79 Å². The Morgan fingerprint density at radius 2 is 1.76 bits per heavy atom. The molecule has 7 heteroatoms. The number of nitrogen functional groups attached to an aromatic ring is 1. The van der Waals surface area contributed by atoms with Crippen molar-refractivity contribution >= 4 is 23.3 Å². The van der Waals surface area contributed by atoms with Crippen LogP contribution >= 0.6 is 0 Å². The molecule has 0 saturated carbocycles. The predicted octanol–water partition coefficient (Wildman–Crippen LogP) is 0.654. The van der Waals surface area contributed by atoms with Crippen molar-refractivity contribution in [2.45, 2.75) is 0 Å². The third kappa shape index (κ3) is 4.87. The highest BCUT2D eigenvalue weighted by atomic mass is 16.2. The molecule has 0 fully saturated rings.